The van der Waals surface area contributed by atoms with Crippen molar-refractivity contribution in [3.63, 3.8) is 0 Å². The summed E-state index contributed by atoms with van der Waals surface area (Å²) in [4.78, 5) is 38.9. The lowest BCUT2D eigenvalue weighted by molar-refractivity contribution is -0.142. The molecule has 3 N–H and O–H groups in total. The number of carboxylic acid groups (broad SMARTS) is 1. The number of carboxylic acids is 1. The van der Waals surface area contributed by atoms with Crippen LogP contribution in [0, 0.1) is 11.8 Å². The van der Waals surface area contributed by atoms with E-state index >= 15 is 0 Å². The van der Waals surface area contributed by atoms with Crippen molar-refractivity contribution in [1.82, 2.24) is 15.5 Å². The number of alkyl carbamates (subject to hydrolysis) is 1. The molecule has 1 aliphatic rings. The topological polar surface area (TPSA) is 108 Å². The van der Waals surface area contributed by atoms with E-state index in [4.69, 9.17) is 4.74 Å². The third-order valence-corrected chi connectivity index (χ3v) is 5.91. The van der Waals surface area contributed by atoms with Crippen molar-refractivity contribution in [2.45, 2.75) is 37.8 Å². The van der Waals surface area contributed by atoms with Crippen molar-refractivity contribution in [2.24, 2.45) is 0 Å². The Morgan fingerprint density at radius 2 is 1.60 bits per heavy atom. The minimum Gasteiger partial charge on any atom is -0.480 e. The van der Waals surface area contributed by atoms with Gasteiger partial charge in [-0.2, -0.15) is 0 Å². The zero-order chi connectivity index (χ0) is 25.4. The summed E-state index contributed by atoms with van der Waals surface area (Å²) in [6, 6.07) is 13.9. The van der Waals surface area contributed by atoms with Gasteiger partial charge in [0, 0.05) is 12.3 Å². The SMILES string of the molecule is CC#CCC(NC(=O)C(CCN(C)C)NC(=O)OCC1c2ccccc2-c2ccccc21)C(=O)O. The molecule has 35 heavy (non-hydrogen) atoms. The number of aliphatic carboxylic acids is 1. The van der Waals surface area contributed by atoms with Gasteiger partial charge in [0.05, 0.1) is 0 Å². The molecule has 0 saturated heterocycles. The van der Waals surface area contributed by atoms with Crippen molar-refractivity contribution >= 4 is 18.0 Å². The molecule has 0 bridgehead atoms. The number of carbonyl (C=O) groups is 3. The third kappa shape index (κ3) is 6.61. The second-order valence-electron chi connectivity index (χ2n) is 8.64. The molecule has 0 aliphatic heterocycles. The Labute approximate surface area is 205 Å². The van der Waals surface area contributed by atoms with Crippen LogP contribution >= 0.6 is 0 Å². The lowest BCUT2D eigenvalue weighted by Crippen LogP contribution is -2.52. The second kappa shape index (κ2) is 12.0. The van der Waals surface area contributed by atoms with Crippen LogP contribution in [0.4, 0.5) is 4.79 Å². The third-order valence-electron chi connectivity index (χ3n) is 5.91. The van der Waals surface area contributed by atoms with E-state index in [2.05, 4.69) is 34.6 Å². The zero-order valence-electron chi connectivity index (χ0n) is 20.2. The molecule has 0 fully saturated rings. The molecule has 1 aliphatic carbocycles. The van der Waals surface area contributed by atoms with Gasteiger partial charge in [0.15, 0.2) is 0 Å². The van der Waals surface area contributed by atoms with E-state index in [9.17, 15) is 19.5 Å². The fourth-order valence-electron chi connectivity index (χ4n) is 4.11. The summed E-state index contributed by atoms with van der Waals surface area (Å²) in [5, 5.41) is 14.5. The summed E-state index contributed by atoms with van der Waals surface area (Å²) in [6.07, 6.45) is -0.469. The van der Waals surface area contributed by atoms with Crippen LogP contribution in [0.1, 0.15) is 36.8 Å². The summed E-state index contributed by atoms with van der Waals surface area (Å²) in [5.41, 5.74) is 4.42. The smallest absolute Gasteiger partial charge is 0.407 e. The Kier molecular flexibility index (Phi) is 8.87. The van der Waals surface area contributed by atoms with Gasteiger partial charge in [-0.1, -0.05) is 48.5 Å². The van der Waals surface area contributed by atoms with Crippen LogP contribution in [0.25, 0.3) is 11.1 Å². The Hall–Kier alpha value is -3.83. The molecule has 184 valence electrons. The molecule has 0 heterocycles. The highest BCUT2D eigenvalue weighted by Gasteiger charge is 2.30. The maximum Gasteiger partial charge on any atom is 0.407 e. The van der Waals surface area contributed by atoms with Gasteiger partial charge < -0.3 is 25.4 Å². The van der Waals surface area contributed by atoms with Crippen molar-refractivity contribution in [3.05, 3.63) is 59.7 Å². The number of benzene rings is 2. The average molecular weight is 478 g/mol. The van der Waals surface area contributed by atoms with Gasteiger partial charge in [0.25, 0.3) is 0 Å². The molecule has 0 aromatic heterocycles. The predicted octanol–water partition coefficient (Wildman–Crippen LogP) is 2.83. The summed E-state index contributed by atoms with van der Waals surface area (Å²) in [5.74, 6) is 3.41. The van der Waals surface area contributed by atoms with E-state index in [0.29, 0.717) is 6.54 Å². The highest BCUT2D eigenvalue weighted by atomic mass is 16.5. The fraction of sp³-hybridized carbons (Fsp3) is 0.370. The number of hydrogen-bond donors (Lipinski definition) is 3. The fourth-order valence-corrected chi connectivity index (χ4v) is 4.11. The minimum atomic E-state index is -1.19. The van der Waals surface area contributed by atoms with Crippen LogP contribution < -0.4 is 10.6 Å². The summed E-state index contributed by atoms with van der Waals surface area (Å²) in [6.45, 7) is 2.22. The maximum atomic E-state index is 12.8. The minimum absolute atomic E-state index is 0.0249. The molecule has 2 aromatic carbocycles. The molecule has 8 nitrogen and oxygen atoms in total. The van der Waals surface area contributed by atoms with Gasteiger partial charge in [0.1, 0.15) is 18.7 Å². The molecule has 3 rings (SSSR count). The van der Waals surface area contributed by atoms with Gasteiger partial charge in [-0.25, -0.2) is 9.59 Å². The lowest BCUT2D eigenvalue weighted by atomic mass is 9.98. The van der Waals surface area contributed by atoms with Crippen molar-refractivity contribution in [3.8, 4) is 23.0 Å². The number of ether oxygens (including phenoxy) is 1. The second-order valence-corrected chi connectivity index (χ2v) is 8.64. The first kappa shape index (κ1) is 25.8. The van der Waals surface area contributed by atoms with Gasteiger partial charge in [-0.05, 0) is 56.2 Å². The number of fused-ring (bicyclic) bond motifs is 3. The molecule has 2 amide bonds. The number of amides is 2. The monoisotopic (exact) mass is 477 g/mol. The van der Waals surface area contributed by atoms with Crippen LogP contribution in [0.2, 0.25) is 0 Å². The summed E-state index contributed by atoms with van der Waals surface area (Å²) < 4.78 is 5.56. The molecular weight excluding hydrogens is 446 g/mol. The van der Waals surface area contributed by atoms with Crippen LogP contribution in [0.15, 0.2) is 48.5 Å². The first-order chi connectivity index (χ1) is 16.8. The molecular formula is C27H31N3O5. The van der Waals surface area contributed by atoms with E-state index in [0.717, 1.165) is 22.3 Å². The van der Waals surface area contributed by atoms with Gasteiger partial charge in [-0.15, -0.1) is 11.8 Å². The largest absolute Gasteiger partial charge is 0.480 e. The van der Waals surface area contributed by atoms with E-state index in [1.807, 2.05) is 55.4 Å². The standard InChI is InChI=1S/C27H31N3O5/c1-4-5-14-24(26(32)33)28-25(31)23(15-16-30(2)3)29-27(34)35-17-22-20-12-8-6-10-18(20)19-11-7-9-13-21(19)22/h6-13,22-24H,14-17H2,1-3H3,(H,28,31)(H,29,34)(H,32,33). The van der Waals surface area contributed by atoms with E-state index in [-0.39, 0.29) is 25.4 Å². The molecule has 2 aromatic rings. The van der Waals surface area contributed by atoms with Crippen LogP contribution in [-0.2, 0) is 14.3 Å². The molecule has 0 saturated carbocycles. The highest BCUT2D eigenvalue weighted by molar-refractivity contribution is 5.89. The predicted molar refractivity (Wildman–Crippen MR) is 133 cm³/mol. The zero-order valence-corrected chi connectivity index (χ0v) is 20.2. The Morgan fingerprint density at radius 1 is 1.00 bits per heavy atom. The number of rotatable bonds is 10. The first-order valence-electron chi connectivity index (χ1n) is 11.5. The van der Waals surface area contributed by atoms with Crippen LogP contribution in [-0.4, -0.2) is 67.3 Å². The summed E-state index contributed by atoms with van der Waals surface area (Å²) >= 11 is 0. The van der Waals surface area contributed by atoms with E-state index in [1.54, 1.807) is 6.92 Å². The Bertz CT molecular complexity index is 1090. The van der Waals surface area contributed by atoms with Crippen LogP contribution in [0.3, 0.4) is 0 Å². The van der Waals surface area contributed by atoms with Crippen molar-refractivity contribution in [1.29, 1.82) is 0 Å². The lowest BCUT2D eigenvalue weighted by Gasteiger charge is -2.22. The van der Waals surface area contributed by atoms with Gasteiger partial charge >= 0.3 is 12.1 Å². The van der Waals surface area contributed by atoms with Crippen molar-refractivity contribution in [2.75, 3.05) is 27.2 Å². The maximum absolute atomic E-state index is 12.8. The number of hydrogen-bond acceptors (Lipinski definition) is 5. The Morgan fingerprint density at radius 3 is 2.14 bits per heavy atom. The quantitative estimate of drug-likeness (QED) is 0.454. The first-order valence-corrected chi connectivity index (χ1v) is 11.5. The molecule has 0 radical (unpaired) electrons. The summed E-state index contributed by atoms with van der Waals surface area (Å²) in [7, 11) is 3.69. The molecule has 2 unspecified atom stereocenters. The van der Waals surface area contributed by atoms with Crippen molar-refractivity contribution < 1.29 is 24.2 Å². The normalized spacial score (nSPS) is 13.6. The van der Waals surface area contributed by atoms with E-state index < -0.39 is 30.1 Å². The molecule has 2 atom stereocenters. The van der Waals surface area contributed by atoms with E-state index in [1.165, 1.54) is 0 Å². The van der Waals surface area contributed by atoms with Crippen LogP contribution in [0.5, 0.6) is 0 Å². The Balaban J connectivity index is 1.67. The average Bonchev–Trinajstić information content (AvgIpc) is 3.16. The number of carbonyl (C=O) groups excluding carboxylic acids is 2. The number of nitrogens with zero attached hydrogens (tertiary/aromatic N) is 1. The number of nitrogens with one attached hydrogen (secondary N) is 2. The van der Waals surface area contributed by atoms with Gasteiger partial charge in [-0.3, -0.25) is 4.79 Å². The molecule has 8 heteroatoms. The molecule has 0 spiro atoms. The highest BCUT2D eigenvalue weighted by Crippen LogP contribution is 2.44. The van der Waals surface area contributed by atoms with Gasteiger partial charge in [0.2, 0.25) is 5.91 Å².